The molecule has 1 saturated carbocycles. The lowest BCUT2D eigenvalue weighted by molar-refractivity contribution is -0.137. The smallest absolute Gasteiger partial charge is 0.352 e. The number of rotatable bonds is 16. The molecule has 0 radical (unpaired) electrons. The Hall–Kier alpha value is -7.27. The van der Waals surface area contributed by atoms with Crippen molar-refractivity contribution in [3.8, 4) is 11.4 Å². The lowest BCUT2D eigenvalue weighted by Gasteiger charge is -2.41. The normalized spacial score (nSPS) is 17.1. The van der Waals surface area contributed by atoms with E-state index in [1.807, 2.05) is 65.6 Å². The summed E-state index contributed by atoms with van der Waals surface area (Å²) in [6.07, 6.45) is 4.10. The van der Waals surface area contributed by atoms with E-state index in [-0.39, 0.29) is 68.6 Å². The zero-order valence-electron chi connectivity index (χ0n) is 36.9. The molecule has 7 N–H and O–H groups in total. The second-order valence-corrected chi connectivity index (χ2v) is 17.4. The highest BCUT2D eigenvalue weighted by Gasteiger charge is 2.41. The summed E-state index contributed by atoms with van der Waals surface area (Å²) < 4.78 is 3.67. The van der Waals surface area contributed by atoms with Crippen molar-refractivity contribution >= 4 is 35.3 Å². The standard InChI is InChI=1S/C49H57N11O6/c50-46(51)53-25-13-22-40(45(64)52-26-27-58-47(65)59(34-14-3-1-4-15-34)60(48(58)66)35-16-5-2-6-17-35)54-41(61)32-49(23-11-12-24-49)33-42(62)56-28-30-57(31-29-56)43-36-18-7-8-19-37(36)44(63)55-39-21-10-9-20-38(39)43/h1-10,14-21,40,43H,11-13,22-33H2,(H,52,64)(H,54,61)(H,55,63)(H4,50,51,53)/t40-,43?/m1/s1. The van der Waals surface area contributed by atoms with E-state index in [4.69, 9.17) is 11.5 Å². The molecule has 0 spiro atoms. The molecule has 3 heterocycles. The number of aliphatic imine (C=N–C) groups is 1. The fraction of sp³-hybridized carbons (Fsp3) is 0.367. The number of benzene rings is 4. The summed E-state index contributed by atoms with van der Waals surface area (Å²) in [5, 5.41) is 8.85. The number of carbonyl (C=O) groups is 4. The molecule has 17 nitrogen and oxygen atoms in total. The molecule has 2 atom stereocenters. The molecular formula is C49H57N11O6. The SMILES string of the molecule is NC(N)=NCCC[C@@H](NC(=O)CC1(CC(=O)N2CCN(C3c4ccccc4NC(=O)c4ccccc43)CC2)CCCC1)C(=O)NCCn1c(=O)n(-c2ccccc2)n(-c2ccccc2)c1=O. The summed E-state index contributed by atoms with van der Waals surface area (Å²) >= 11 is 0. The van der Waals surface area contributed by atoms with Crippen molar-refractivity contribution in [2.45, 2.75) is 70.0 Å². The van der Waals surface area contributed by atoms with Crippen molar-refractivity contribution in [2.75, 3.05) is 44.6 Å². The van der Waals surface area contributed by atoms with E-state index in [1.54, 1.807) is 48.5 Å². The predicted octanol–water partition coefficient (Wildman–Crippen LogP) is 3.28. The maximum Gasteiger partial charge on any atom is 0.352 e. The maximum atomic E-state index is 14.1. The van der Waals surface area contributed by atoms with E-state index in [2.05, 4.69) is 25.8 Å². The highest BCUT2D eigenvalue weighted by molar-refractivity contribution is 6.07. The number of fused-ring (bicyclic) bond motifs is 2. The summed E-state index contributed by atoms with van der Waals surface area (Å²) in [4.78, 5) is 91.0. The molecule has 4 amide bonds. The van der Waals surface area contributed by atoms with Crippen LogP contribution in [0.2, 0.25) is 0 Å². The topological polar surface area (TPSA) is 224 Å². The Balaban J connectivity index is 0.914. The van der Waals surface area contributed by atoms with Crippen molar-refractivity contribution in [3.63, 3.8) is 0 Å². The second-order valence-electron chi connectivity index (χ2n) is 17.4. The molecule has 344 valence electrons. The molecule has 1 aromatic heterocycles. The molecule has 17 heteroatoms. The molecule has 8 rings (SSSR count). The van der Waals surface area contributed by atoms with Crippen LogP contribution in [0.1, 0.15) is 78.9 Å². The van der Waals surface area contributed by atoms with Crippen molar-refractivity contribution in [3.05, 3.63) is 147 Å². The first-order valence-electron chi connectivity index (χ1n) is 22.7. The predicted molar refractivity (Wildman–Crippen MR) is 251 cm³/mol. The first-order valence-corrected chi connectivity index (χ1v) is 22.7. The van der Waals surface area contributed by atoms with Gasteiger partial charge in [-0.2, -0.15) is 9.36 Å². The molecule has 1 aliphatic carbocycles. The molecular weight excluding hydrogens is 839 g/mol. The van der Waals surface area contributed by atoms with Crippen LogP contribution in [-0.2, 0) is 20.9 Å². The number of amides is 4. The highest BCUT2D eigenvalue weighted by atomic mass is 16.2. The van der Waals surface area contributed by atoms with E-state index in [1.165, 1.54) is 9.36 Å². The van der Waals surface area contributed by atoms with Crippen molar-refractivity contribution in [1.82, 2.24) is 34.4 Å². The van der Waals surface area contributed by atoms with Gasteiger partial charge in [-0.05, 0) is 78.6 Å². The van der Waals surface area contributed by atoms with Crippen LogP contribution in [0, 0.1) is 5.41 Å². The first kappa shape index (κ1) is 45.3. The fourth-order valence-corrected chi connectivity index (χ4v) is 9.78. The van der Waals surface area contributed by atoms with Gasteiger partial charge < -0.3 is 32.3 Å². The zero-order valence-corrected chi connectivity index (χ0v) is 36.9. The summed E-state index contributed by atoms with van der Waals surface area (Å²) in [7, 11) is 0. The number of anilines is 1. The number of aromatic nitrogens is 3. The van der Waals surface area contributed by atoms with Gasteiger partial charge in [0.15, 0.2) is 5.96 Å². The first-order chi connectivity index (χ1) is 32.0. The maximum absolute atomic E-state index is 14.1. The Morgan fingerprint density at radius 1 is 0.742 bits per heavy atom. The van der Waals surface area contributed by atoms with Gasteiger partial charge in [-0.3, -0.25) is 29.1 Å². The van der Waals surface area contributed by atoms with E-state index < -0.39 is 28.7 Å². The summed E-state index contributed by atoms with van der Waals surface area (Å²) in [5.41, 5.74) is 13.7. The van der Waals surface area contributed by atoms with Gasteiger partial charge in [-0.1, -0.05) is 85.6 Å². The quantitative estimate of drug-likeness (QED) is 0.0556. The number of piperazine rings is 1. The van der Waals surface area contributed by atoms with Crippen LogP contribution >= 0.6 is 0 Å². The third kappa shape index (κ3) is 10.0. The van der Waals surface area contributed by atoms with Gasteiger partial charge in [0, 0.05) is 69.9 Å². The van der Waals surface area contributed by atoms with Crippen LogP contribution in [0.3, 0.4) is 0 Å². The van der Waals surface area contributed by atoms with E-state index in [0.29, 0.717) is 62.4 Å². The molecule has 0 bridgehead atoms. The van der Waals surface area contributed by atoms with Crippen LogP contribution in [-0.4, -0.2) is 98.6 Å². The van der Waals surface area contributed by atoms with E-state index >= 15 is 0 Å². The van der Waals surface area contributed by atoms with Gasteiger partial charge >= 0.3 is 11.4 Å². The Kier molecular flexibility index (Phi) is 13.9. The molecule has 5 aromatic rings. The van der Waals surface area contributed by atoms with Crippen LogP contribution in [0.25, 0.3) is 11.4 Å². The van der Waals surface area contributed by atoms with Crippen molar-refractivity contribution in [1.29, 1.82) is 0 Å². The van der Waals surface area contributed by atoms with Gasteiger partial charge in [0.05, 0.1) is 17.4 Å². The lowest BCUT2D eigenvalue weighted by atomic mass is 9.78. The summed E-state index contributed by atoms with van der Waals surface area (Å²) in [6.45, 7) is 2.27. The monoisotopic (exact) mass is 895 g/mol. The lowest BCUT2D eigenvalue weighted by Crippen LogP contribution is -2.51. The van der Waals surface area contributed by atoms with Gasteiger partial charge in [0.2, 0.25) is 17.7 Å². The van der Waals surface area contributed by atoms with Crippen LogP contribution in [0.15, 0.2) is 124 Å². The van der Waals surface area contributed by atoms with Crippen molar-refractivity contribution in [2.24, 2.45) is 21.9 Å². The molecule has 66 heavy (non-hydrogen) atoms. The Morgan fingerprint density at radius 3 is 1.97 bits per heavy atom. The minimum Gasteiger partial charge on any atom is -0.370 e. The van der Waals surface area contributed by atoms with Gasteiger partial charge in [0.25, 0.3) is 5.91 Å². The number of para-hydroxylation sites is 3. The number of nitrogens with two attached hydrogens (primary N) is 2. The van der Waals surface area contributed by atoms with Gasteiger partial charge in [-0.15, -0.1) is 0 Å². The number of guanidine groups is 1. The van der Waals surface area contributed by atoms with Crippen LogP contribution < -0.4 is 38.8 Å². The highest BCUT2D eigenvalue weighted by Crippen LogP contribution is 2.45. The van der Waals surface area contributed by atoms with Crippen molar-refractivity contribution < 1.29 is 19.2 Å². The van der Waals surface area contributed by atoms with Gasteiger partial charge in [-0.25, -0.2) is 14.2 Å². The molecule has 2 aliphatic heterocycles. The second kappa shape index (κ2) is 20.3. The molecule has 2 fully saturated rings. The van der Waals surface area contributed by atoms with E-state index in [0.717, 1.165) is 34.2 Å². The number of nitrogens with zero attached hydrogens (tertiary/aromatic N) is 6. The molecule has 1 unspecified atom stereocenters. The summed E-state index contributed by atoms with van der Waals surface area (Å²) in [6, 6.07) is 32.1. The Bertz CT molecular complexity index is 2620. The minimum absolute atomic E-state index is 0.00273. The number of hydrogen-bond acceptors (Lipinski definition) is 8. The number of nitrogens with one attached hydrogen (secondary N) is 3. The third-order valence-electron chi connectivity index (χ3n) is 13.0. The largest absolute Gasteiger partial charge is 0.370 e. The molecule has 1 saturated heterocycles. The molecule has 3 aliphatic rings. The average Bonchev–Trinajstić information content (AvgIpc) is 3.84. The fourth-order valence-electron chi connectivity index (χ4n) is 9.78. The Labute approximate surface area is 382 Å². The number of hydrogen-bond donors (Lipinski definition) is 5. The summed E-state index contributed by atoms with van der Waals surface area (Å²) in [5.74, 6) is -1.06. The van der Waals surface area contributed by atoms with E-state index in [9.17, 15) is 28.8 Å². The minimum atomic E-state index is -0.967. The van der Waals surface area contributed by atoms with Crippen LogP contribution in [0.5, 0.6) is 0 Å². The number of carbonyl (C=O) groups excluding carboxylic acids is 4. The third-order valence-corrected chi connectivity index (χ3v) is 13.0. The zero-order chi connectivity index (χ0) is 46.2. The Morgan fingerprint density at radius 2 is 1.33 bits per heavy atom. The average molecular weight is 896 g/mol. The molecule has 4 aromatic carbocycles. The van der Waals surface area contributed by atoms with Gasteiger partial charge in [0.1, 0.15) is 6.04 Å². The van der Waals surface area contributed by atoms with Crippen LogP contribution in [0.4, 0.5) is 5.69 Å².